The first kappa shape index (κ1) is 29.4. The molecule has 0 saturated heterocycles. The standard InChI is InChI=1S/C31H42N6O3/c1-23(40-3)22-36(20-8-7-13-27-15-14-25-12-9-18-32-30(25)34-27)21-17-28(24(2)38)35-29-16-19-33-31(37(29)39)26-10-5-4-6-11-26/h4-6,10-11,14-16,19,23,28,39H,7-9,12-13,17-18,20-22H2,1-3H3,(H,32,34)/p+1/t23-,28?/m1/s1. The quantitative estimate of drug-likeness (QED) is 0.148. The number of methoxy groups -OCH3 is 1. The summed E-state index contributed by atoms with van der Waals surface area (Å²) in [5.74, 6) is 1.91. The summed E-state index contributed by atoms with van der Waals surface area (Å²) in [5, 5.41) is 17.5. The molecule has 3 N–H and O–H groups in total. The number of ketones is 1. The molecule has 0 aliphatic carbocycles. The van der Waals surface area contributed by atoms with Crippen molar-refractivity contribution in [1.82, 2.24) is 14.9 Å². The molecule has 9 nitrogen and oxygen atoms in total. The first-order valence-corrected chi connectivity index (χ1v) is 14.3. The van der Waals surface area contributed by atoms with Gasteiger partial charge in [-0.2, -0.15) is 0 Å². The number of aromatic nitrogens is 3. The molecule has 0 radical (unpaired) electrons. The normalized spacial score (nSPS) is 14.3. The number of hydrogen-bond donors (Lipinski definition) is 3. The third-order valence-corrected chi connectivity index (χ3v) is 7.46. The van der Waals surface area contributed by atoms with Crippen molar-refractivity contribution < 1.29 is 19.5 Å². The van der Waals surface area contributed by atoms with Crippen molar-refractivity contribution in [3.63, 3.8) is 0 Å². The highest BCUT2D eigenvalue weighted by atomic mass is 16.5. The molecule has 2 atom stereocenters. The number of aryl methyl sites for hydroxylation is 2. The van der Waals surface area contributed by atoms with Gasteiger partial charge in [0.15, 0.2) is 5.78 Å². The monoisotopic (exact) mass is 547 g/mol. The van der Waals surface area contributed by atoms with Crippen molar-refractivity contribution in [3.05, 3.63) is 66.0 Å². The van der Waals surface area contributed by atoms with E-state index >= 15 is 0 Å². The van der Waals surface area contributed by atoms with Crippen molar-refractivity contribution in [2.75, 3.05) is 43.9 Å². The van der Waals surface area contributed by atoms with Gasteiger partial charge in [-0.3, -0.25) is 10.1 Å². The fourth-order valence-corrected chi connectivity index (χ4v) is 5.06. The van der Waals surface area contributed by atoms with E-state index in [9.17, 15) is 10.0 Å². The Hall–Kier alpha value is -3.56. The molecule has 9 heteroatoms. The van der Waals surface area contributed by atoms with E-state index in [1.54, 1.807) is 26.3 Å². The Morgan fingerprint density at radius 1 is 1.18 bits per heavy atom. The number of unbranched alkanes of at least 4 members (excludes halogenated alkanes) is 1. The van der Waals surface area contributed by atoms with Crippen molar-refractivity contribution >= 4 is 17.4 Å². The molecule has 4 rings (SSSR count). The predicted octanol–water partition coefficient (Wildman–Crippen LogP) is 4.15. The number of rotatable bonds is 15. The van der Waals surface area contributed by atoms with Crippen LogP contribution in [0.1, 0.15) is 50.8 Å². The molecule has 1 aliphatic rings. The zero-order valence-electron chi connectivity index (χ0n) is 24.0. The maximum absolute atomic E-state index is 12.6. The van der Waals surface area contributed by atoms with E-state index in [-0.39, 0.29) is 11.9 Å². The number of benzene rings is 1. The van der Waals surface area contributed by atoms with Gasteiger partial charge in [0.2, 0.25) is 0 Å². The number of pyridine rings is 1. The molecule has 0 saturated carbocycles. The van der Waals surface area contributed by atoms with Gasteiger partial charge in [-0.05, 0) is 76.3 Å². The lowest BCUT2D eigenvalue weighted by Gasteiger charge is -2.26. The number of nitrogens with one attached hydrogen (secondary N) is 2. The fraction of sp³-hybridized carbons (Fsp3) is 0.484. The van der Waals surface area contributed by atoms with E-state index in [2.05, 4.69) is 39.6 Å². The molecule has 0 spiro atoms. The molecule has 0 fully saturated rings. The number of hydrogen-bond acceptors (Lipinski definition) is 8. The minimum atomic E-state index is -0.447. The average Bonchev–Trinajstić information content (AvgIpc) is 2.98. The van der Waals surface area contributed by atoms with Crippen LogP contribution in [0.15, 0.2) is 54.7 Å². The van der Waals surface area contributed by atoms with E-state index < -0.39 is 6.04 Å². The van der Waals surface area contributed by atoms with E-state index in [0.717, 1.165) is 73.7 Å². The number of fused-ring (bicyclic) bond motifs is 1. The molecule has 3 aromatic rings. The summed E-state index contributed by atoms with van der Waals surface area (Å²) >= 11 is 0. The third-order valence-electron chi connectivity index (χ3n) is 7.46. The SMILES string of the molecule is CO[C@H](C)CN(CCCCc1ccc2c(n1)NCCC2)CCC(Nc1ccnc(-c2ccccc2)[n+]1O)C(C)=O. The maximum Gasteiger partial charge on any atom is 0.307 e. The number of carbonyl (C=O) groups is 1. The summed E-state index contributed by atoms with van der Waals surface area (Å²) in [5.41, 5.74) is 3.24. The zero-order chi connectivity index (χ0) is 28.3. The Morgan fingerprint density at radius 3 is 2.77 bits per heavy atom. The Bertz CT molecular complexity index is 1240. The molecule has 1 unspecified atom stereocenters. The van der Waals surface area contributed by atoms with Gasteiger partial charge in [0.25, 0.3) is 5.82 Å². The molecule has 1 aromatic carbocycles. The second-order valence-electron chi connectivity index (χ2n) is 10.6. The number of ether oxygens (including phenoxy) is 1. The number of carbonyl (C=O) groups excluding carboxylic acids is 1. The maximum atomic E-state index is 12.6. The van der Waals surface area contributed by atoms with Gasteiger partial charge in [0, 0.05) is 44.9 Å². The summed E-state index contributed by atoms with van der Waals surface area (Å²) in [6.45, 7) is 7.08. The van der Waals surface area contributed by atoms with Crippen LogP contribution in [0.3, 0.4) is 0 Å². The number of anilines is 2. The molecule has 0 bridgehead atoms. The van der Waals surface area contributed by atoms with Crippen LogP contribution in [0.25, 0.3) is 11.4 Å². The van der Waals surface area contributed by atoms with Crippen LogP contribution in [-0.2, 0) is 22.4 Å². The van der Waals surface area contributed by atoms with Crippen LogP contribution in [-0.4, -0.2) is 71.3 Å². The number of nitrogens with zero attached hydrogens (tertiary/aromatic N) is 4. The van der Waals surface area contributed by atoms with Crippen LogP contribution >= 0.6 is 0 Å². The molecule has 214 valence electrons. The summed E-state index contributed by atoms with van der Waals surface area (Å²) < 4.78 is 6.56. The fourth-order valence-electron chi connectivity index (χ4n) is 5.06. The largest absolute Gasteiger partial charge is 0.380 e. The molecular weight excluding hydrogens is 504 g/mol. The van der Waals surface area contributed by atoms with E-state index in [4.69, 9.17) is 9.72 Å². The first-order valence-electron chi connectivity index (χ1n) is 14.3. The topological polar surface area (TPSA) is 103 Å². The summed E-state index contributed by atoms with van der Waals surface area (Å²) in [7, 11) is 1.73. The van der Waals surface area contributed by atoms with Crippen molar-refractivity contribution in [2.45, 2.75) is 64.5 Å². The minimum absolute atomic E-state index is 0.0184. The Balaban J connectivity index is 1.33. The summed E-state index contributed by atoms with van der Waals surface area (Å²) in [6.07, 6.45) is 7.62. The van der Waals surface area contributed by atoms with E-state index in [1.807, 2.05) is 30.3 Å². The van der Waals surface area contributed by atoms with Crippen molar-refractivity contribution in [2.24, 2.45) is 0 Å². The highest BCUT2D eigenvalue weighted by Crippen LogP contribution is 2.20. The molecular formula is C31H43N6O3+. The highest BCUT2D eigenvalue weighted by molar-refractivity contribution is 5.83. The van der Waals surface area contributed by atoms with Gasteiger partial charge >= 0.3 is 5.82 Å². The lowest BCUT2D eigenvalue weighted by molar-refractivity contribution is -0.886. The lowest BCUT2D eigenvalue weighted by Crippen LogP contribution is -2.43. The second-order valence-corrected chi connectivity index (χ2v) is 10.6. The first-order chi connectivity index (χ1) is 19.4. The second kappa shape index (κ2) is 14.7. The van der Waals surface area contributed by atoms with Gasteiger partial charge in [0.1, 0.15) is 18.1 Å². The van der Waals surface area contributed by atoms with Crippen LogP contribution < -0.4 is 15.4 Å². The van der Waals surface area contributed by atoms with Gasteiger partial charge in [-0.25, -0.2) is 4.98 Å². The Labute approximate surface area is 237 Å². The van der Waals surface area contributed by atoms with E-state index in [0.29, 0.717) is 18.1 Å². The van der Waals surface area contributed by atoms with Crippen LogP contribution in [0.5, 0.6) is 0 Å². The van der Waals surface area contributed by atoms with Gasteiger partial charge in [0.05, 0.1) is 11.7 Å². The predicted molar refractivity (Wildman–Crippen MR) is 157 cm³/mol. The zero-order valence-corrected chi connectivity index (χ0v) is 24.0. The molecule has 0 amide bonds. The van der Waals surface area contributed by atoms with Gasteiger partial charge in [-0.1, -0.05) is 29.0 Å². The molecule has 2 aromatic heterocycles. The smallest absolute Gasteiger partial charge is 0.307 e. The van der Waals surface area contributed by atoms with Gasteiger partial charge in [-0.15, -0.1) is 4.98 Å². The molecule has 40 heavy (non-hydrogen) atoms. The van der Waals surface area contributed by atoms with Gasteiger partial charge < -0.3 is 20.2 Å². The van der Waals surface area contributed by atoms with Crippen molar-refractivity contribution in [1.29, 1.82) is 0 Å². The summed E-state index contributed by atoms with van der Waals surface area (Å²) in [6, 6.07) is 15.1. The molecule has 3 heterocycles. The average molecular weight is 548 g/mol. The van der Waals surface area contributed by atoms with Crippen LogP contribution in [0, 0.1) is 0 Å². The number of Topliss-reactive ketones (excluding diaryl/α,β-unsaturated/α-hetero) is 1. The van der Waals surface area contributed by atoms with E-state index in [1.165, 1.54) is 12.0 Å². The summed E-state index contributed by atoms with van der Waals surface area (Å²) in [4.78, 5) is 24.1. The lowest BCUT2D eigenvalue weighted by atomic mass is 10.1. The Morgan fingerprint density at radius 2 is 2.00 bits per heavy atom. The van der Waals surface area contributed by atoms with Crippen LogP contribution in [0.4, 0.5) is 11.6 Å². The molecule has 1 aliphatic heterocycles. The van der Waals surface area contributed by atoms with Crippen LogP contribution in [0.2, 0.25) is 0 Å². The minimum Gasteiger partial charge on any atom is -0.380 e. The Kier molecular flexibility index (Phi) is 10.8. The third kappa shape index (κ3) is 8.22. The highest BCUT2D eigenvalue weighted by Gasteiger charge is 2.24. The van der Waals surface area contributed by atoms with Crippen molar-refractivity contribution in [3.8, 4) is 11.4 Å².